The molecule has 76 heavy (non-hydrogen) atoms. The number of aromatic amines is 1. The van der Waals surface area contributed by atoms with E-state index in [4.69, 9.17) is 29.0 Å². The summed E-state index contributed by atoms with van der Waals surface area (Å²) in [6.45, 7) is 10.9. The molecule has 22 nitrogen and oxygen atoms in total. The van der Waals surface area contributed by atoms with Crippen molar-refractivity contribution in [3.05, 3.63) is 120 Å². The first-order valence-electron chi connectivity index (χ1n) is 23.7. The van der Waals surface area contributed by atoms with Crippen LogP contribution in [-0.4, -0.2) is 113 Å². The van der Waals surface area contributed by atoms with Crippen molar-refractivity contribution in [2.45, 2.75) is 101 Å². The zero-order chi connectivity index (χ0) is 55.3. The van der Waals surface area contributed by atoms with Crippen LogP contribution in [0.3, 0.4) is 0 Å². The maximum absolute atomic E-state index is 16.3. The molecule has 0 fully saturated rings. The Labute approximate surface area is 440 Å². The lowest BCUT2D eigenvalue weighted by Gasteiger charge is -2.30. The smallest absolute Gasteiger partial charge is 0.414 e. The summed E-state index contributed by atoms with van der Waals surface area (Å²) < 4.78 is 87.2. The number of ether oxygens (including phenoxy) is 4. The zero-order valence-corrected chi connectivity index (χ0v) is 45.2. The minimum atomic E-state index is -5.20. The molecule has 0 saturated heterocycles. The number of carbonyl (C=O) groups is 3. The molecule has 0 aliphatic heterocycles. The number of sulfonamides is 2. The average molecular weight is 1080 g/mol. The molecule has 7 rings (SSSR count). The van der Waals surface area contributed by atoms with Gasteiger partial charge >= 0.3 is 12.2 Å². The van der Waals surface area contributed by atoms with Gasteiger partial charge in [-0.15, -0.1) is 10.2 Å². The molecule has 2 heterocycles. The lowest BCUT2D eigenvalue weighted by Crippen LogP contribution is -2.45. The van der Waals surface area contributed by atoms with E-state index in [0.29, 0.717) is 39.5 Å². The number of anilines is 1. The SMILES string of the molecule is COc1ccc(CN(Cc2ccc(OC)cc2)S(=O)(=O)c2c(S(=O)(=O)NC(=O)C[C@H](C)NC(=O)OC(C)(C)C)ccc(-c3cccc4[nH]c(N(C(=O)O)C(C)(C)C)nc34)c2-c2nnn(Cc3ccc(OC)cc3)n2)cc1. The number of benzene rings is 5. The van der Waals surface area contributed by atoms with Gasteiger partial charge in [-0.1, -0.05) is 54.6 Å². The summed E-state index contributed by atoms with van der Waals surface area (Å²) in [4.78, 5) is 47.5. The number of carbonyl (C=O) groups excluding carboxylic acids is 2. The third-order valence-corrected chi connectivity index (χ3v) is 15.0. The highest BCUT2D eigenvalue weighted by Crippen LogP contribution is 2.43. The van der Waals surface area contributed by atoms with Gasteiger partial charge in [0.25, 0.3) is 10.0 Å². The van der Waals surface area contributed by atoms with Gasteiger partial charge in [0, 0.05) is 36.7 Å². The van der Waals surface area contributed by atoms with Crippen molar-refractivity contribution < 1.29 is 55.3 Å². The van der Waals surface area contributed by atoms with E-state index in [1.165, 1.54) is 39.1 Å². The first kappa shape index (κ1) is 55.7. The summed E-state index contributed by atoms with van der Waals surface area (Å²) >= 11 is 0. The van der Waals surface area contributed by atoms with Crippen LogP contribution in [0.5, 0.6) is 17.2 Å². The fourth-order valence-electron chi connectivity index (χ4n) is 8.13. The summed E-state index contributed by atoms with van der Waals surface area (Å²) in [5.41, 5.74) is 0.226. The Kier molecular flexibility index (Phi) is 16.4. The van der Waals surface area contributed by atoms with Crippen LogP contribution in [0, 0.1) is 0 Å². The molecule has 2 aromatic heterocycles. The van der Waals surface area contributed by atoms with Crippen molar-refractivity contribution in [3.63, 3.8) is 0 Å². The Balaban J connectivity index is 1.51. The van der Waals surface area contributed by atoms with E-state index in [-0.39, 0.29) is 53.6 Å². The fraction of sp³-hybridized carbons (Fsp3) is 0.327. The third kappa shape index (κ3) is 13.0. The predicted octanol–water partition coefficient (Wildman–Crippen LogP) is 7.74. The van der Waals surface area contributed by atoms with Gasteiger partial charge in [-0.3, -0.25) is 4.79 Å². The second-order valence-corrected chi connectivity index (χ2v) is 23.1. The van der Waals surface area contributed by atoms with Crippen LogP contribution in [0.4, 0.5) is 15.5 Å². The van der Waals surface area contributed by atoms with Gasteiger partial charge in [0.2, 0.25) is 27.7 Å². The number of hydrogen-bond donors (Lipinski definition) is 4. The molecule has 402 valence electrons. The molecular formula is C52H60N10O12S2. The standard InChI is InChI=1S/C52H60N10O12S2/c1-32(53-49(64)74-52(5,6)7)28-43(63)58-75(67,68)42-27-26-39(40-12-11-13-41-45(40)55-48(54-41)62(50(65)66)51(2,3)4)44(47-56-59-61(57-47)31-35-18-24-38(73-10)25-19-35)46(42)76(69,70)60(29-33-14-20-36(71-8)21-15-33)30-34-16-22-37(72-9)23-17-34/h11-27,32H,28-31H2,1-10H3,(H,53,64)(H,54,55)(H,58,63)(H,65,66)/t32-/m0/s1. The topological polar surface area (TPSA) is 279 Å². The normalized spacial score (nSPS) is 12.5. The highest BCUT2D eigenvalue weighted by atomic mass is 32.2. The van der Waals surface area contributed by atoms with E-state index < -0.39 is 71.5 Å². The Hall–Kier alpha value is -8.09. The Morgan fingerprint density at radius 2 is 1.30 bits per heavy atom. The molecule has 0 unspecified atom stereocenters. The summed E-state index contributed by atoms with van der Waals surface area (Å²) in [6.07, 6.45) is -2.72. The molecule has 0 saturated carbocycles. The number of aromatic nitrogens is 6. The minimum Gasteiger partial charge on any atom is -0.497 e. The van der Waals surface area contributed by atoms with E-state index in [2.05, 4.69) is 20.6 Å². The summed E-state index contributed by atoms with van der Waals surface area (Å²) in [5.74, 6) is 0.0953. The Morgan fingerprint density at radius 1 is 0.750 bits per heavy atom. The van der Waals surface area contributed by atoms with Crippen molar-refractivity contribution in [1.29, 1.82) is 0 Å². The third-order valence-electron chi connectivity index (χ3n) is 11.6. The summed E-state index contributed by atoms with van der Waals surface area (Å²) in [5, 5.41) is 26.3. The van der Waals surface area contributed by atoms with E-state index >= 15 is 16.8 Å². The fourth-order valence-corrected chi connectivity index (χ4v) is 11.5. The number of alkyl carbamates (subject to hydrolysis) is 1. The van der Waals surface area contributed by atoms with E-state index in [1.54, 1.807) is 133 Å². The first-order chi connectivity index (χ1) is 35.8. The van der Waals surface area contributed by atoms with Crippen LogP contribution in [-0.2, 0) is 49.2 Å². The van der Waals surface area contributed by atoms with Gasteiger partial charge in [-0.2, -0.15) is 9.10 Å². The average Bonchev–Trinajstić information content (AvgIpc) is 4.05. The molecule has 0 bridgehead atoms. The molecule has 0 aliphatic carbocycles. The minimum absolute atomic E-state index is 0.0230. The lowest BCUT2D eigenvalue weighted by molar-refractivity contribution is -0.119. The number of hydrogen-bond acceptors (Lipinski definition) is 15. The van der Waals surface area contributed by atoms with Gasteiger partial charge < -0.3 is 34.4 Å². The van der Waals surface area contributed by atoms with Crippen LogP contribution in [0.1, 0.15) is 71.6 Å². The number of rotatable bonds is 19. The molecule has 4 N–H and O–H groups in total. The van der Waals surface area contributed by atoms with E-state index in [0.717, 1.165) is 15.3 Å². The molecule has 24 heteroatoms. The summed E-state index contributed by atoms with van der Waals surface area (Å²) in [7, 11) is -5.87. The quantitative estimate of drug-likeness (QED) is 0.0602. The van der Waals surface area contributed by atoms with Gasteiger partial charge in [-0.05, 0) is 124 Å². The molecule has 3 amide bonds. The second kappa shape index (κ2) is 22.4. The maximum Gasteiger partial charge on any atom is 0.414 e. The van der Waals surface area contributed by atoms with Crippen LogP contribution >= 0.6 is 0 Å². The first-order valence-corrected chi connectivity index (χ1v) is 26.6. The molecule has 0 spiro atoms. The van der Waals surface area contributed by atoms with Crippen LogP contribution in [0.2, 0.25) is 0 Å². The Bertz CT molecular complexity index is 3410. The lowest BCUT2D eigenvalue weighted by atomic mass is 9.98. The number of para-hydroxylation sites is 1. The molecular weight excluding hydrogens is 1020 g/mol. The van der Waals surface area contributed by atoms with Crippen molar-refractivity contribution in [3.8, 4) is 39.8 Å². The van der Waals surface area contributed by atoms with Crippen LogP contribution in [0.25, 0.3) is 33.5 Å². The number of carboxylic acid groups (broad SMARTS) is 1. The molecule has 5 aromatic carbocycles. The van der Waals surface area contributed by atoms with Crippen molar-refractivity contribution in [1.82, 2.24) is 44.5 Å². The summed E-state index contributed by atoms with van der Waals surface area (Å²) in [6, 6.07) is 26.6. The molecule has 0 radical (unpaired) electrons. The second-order valence-electron chi connectivity index (χ2n) is 19.6. The number of nitrogens with one attached hydrogen (secondary N) is 3. The largest absolute Gasteiger partial charge is 0.497 e. The van der Waals surface area contributed by atoms with Gasteiger partial charge in [-0.25, -0.2) is 41.0 Å². The van der Waals surface area contributed by atoms with Crippen LogP contribution in [0.15, 0.2) is 113 Å². The van der Waals surface area contributed by atoms with E-state index in [1.807, 2.05) is 4.72 Å². The number of nitrogens with zero attached hydrogens (tertiary/aromatic N) is 7. The van der Waals surface area contributed by atoms with E-state index in [9.17, 15) is 19.5 Å². The number of H-pyrrole nitrogens is 1. The molecule has 1 atom stereocenters. The monoisotopic (exact) mass is 1080 g/mol. The maximum atomic E-state index is 16.3. The van der Waals surface area contributed by atoms with Gasteiger partial charge in [0.15, 0.2) is 0 Å². The number of imidazole rings is 1. The Morgan fingerprint density at radius 3 is 1.82 bits per heavy atom. The van der Waals surface area contributed by atoms with Gasteiger partial charge in [0.05, 0.1) is 44.5 Å². The zero-order valence-electron chi connectivity index (χ0n) is 43.6. The highest BCUT2D eigenvalue weighted by molar-refractivity contribution is 7.92. The van der Waals surface area contributed by atoms with Crippen molar-refractivity contribution in [2.75, 3.05) is 26.2 Å². The van der Waals surface area contributed by atoms with Crippen molar-refractivity contribution >= 4 is 55.1 Å². The van der Waals surface area contributed by atoms with Gasteiger partial charge in [0.1, 0.15) is 32.6 Å². The number of tetrazole rings is 1. The molecule has 7 aromatic rings. The predicted molar refractivity (Wildman–Crippen MR) is 282 cm³/mol. The number of methoxy groups -OCH3 is 3. The number of amides is 3. The van der Waals surface area contributed by atoms with Crippen molar-refractivity contribution in [2.24, 2.45) is 0 Å². The van der Waals surface area contributed by atoms with Crippen LogP contribution < -0.4 is 29.1 Å². The molecule has 0 aliphatic rings. The number of fused-ring (bicyclic) bond motifs is 1. The highest BCUT2D eigenvalue weighted by Gasteiger charge is 2.39.